The fourth-order valence-electron chi connectivity index (χ4n) is 6.13. The molecule has 1 aliphatic carbocycles. The van der Waals surface area contributed by atoms with Gasteiger partial charge in [0.15, 0.2) is 0 Å². The Hall–Kier alpha value is -2.48. The van der Waals surface area contributed by atoms with Gasteiger partial charge in [-0.15, -0.1) is 0 Å². The molecule has 1 saturated carbocycles. The predicted molar refractivity (Wildman–Crippen MR) is 134 cm³/mol. The van der Waals surface area contributed by atoms with E-state index in [9.17, 15) is 9.59 Å². The zero-order valence-electron chi connectivity index (χ0n) is 21.8. The Bertz CT molecular complexity index is 881. The lowest BCUT2D eigenvalue weighted by atomic mass is 9.85. The van der Waals surface area contributed by atoms with Gasteiger partial charge in [-0.3, -0.25) is 14.6 Å². The second-order valence-electron chi connectivity index (χ2n) is 10.2. The summed E-state index contributed by atoms with van der Waals surface area (Å²) < 4.78 is 16.6. The lowest BCUT2D eigenvalue weighted by Gasteiger charge is -2.42. The maximum atomic E-state index is 13.8. The Morgan fingerprint density at radius 1 is 0.943 bits per heavy atom. The SMILES string of the molecule is CCCN1C(=O)N(CC2CCCCC2)C(=O)C12CCN(Cc1c(OC)cc(OC)cc1OC)CC2. The number of likely N-dealkylation sites (tertiary alicyclic amines) is 1. The van der Waals surface area contributed by atoms with Crippen molar-refractivity contribution in [2.75, 3.05) is 47.5 Å². The fourth-order valence-corrected chi connectivity index (χ4v) is 6.13. The number of nitrogens with zero attached hydrogens (tertiary/aromatic N) is 3. The minimum absolute atomic E-state index is 0.0285. The van der Waals surface area contributed by atoms with Crippen molar-refractivity contribution in [1.82, 2.24) is 14.7 Å². The Kier molecular flexibility index (Phi) is 8.09. The van der Waals surface area contributed by atoms with E-state index in [4.69, 9.17) is 14.2 Å². The van der Waals surface area contributed by atoms with Crippen LogP contribution in [-0.2, 0) is 11.3 Å². The van der Waals surface area contributed by atoms with E-state index in [0.29, 0.717) is 44.1 Å². The number of methoxy groups -OCH3 is 3. The Balaban J connectivity index is 1.49. The van der Waals surface area contributed by atoms with Crippen molar-refractivity contribution in [3.63, 3.8) is 0 Å². The summed E-state index contributed by atoms with van der Waals surface area (Å²) >= 11 is 0. The molecule has 1 aromatic carbocycles. The van der Waals surface area contributed by atoms with Gasteiger partial charge in [0.1, 0.15) is 22.8 Å². The molecule has 2 heterocycles. The predicted octanol–water partition coefficient (Wildman–Crippen LogP) is 4.30. The van der Waals surface area contributed by atoms with Gasteiger partial charge in [-0.2, -0.15) is 0 Å². The first-order valence-corrected chi connectivity index (χ1v) is 13.1. The second kappa shape index (κ2) is 11.1. The molecule has 8 heteroatoms. The van der Waals surface area contributed by atoms with Crippen LogP contribution in [0.25, 0.3) is 0 Å². The van der Waals surface area contributed by atoms with E-state index < -0.39 is 5.54 Å². The average Bonchev–Trinajstić information content (AvgIpc) is 3.07. The van der Waals surface area contributed by atoms with Crippen LogP contribution in [0.5, 0.6) is 17.2 Å². The summed E-state index contributed by atoms with van der Waals surface area (Å²) in [5, 5.41) is 0. The minimum Gasteiger partial charge on any atom is -0.496 e. The summed E-state index contributed by atoms with van der Waals surface area (Å²) in [6.07, 6.45) is 8.08. The number of urea groups is 1. The highest BCUT2D eigenvalue weighted by Gasteiger charge is 2.57. The smallest absolute Gasteiger partial charge is 0.327 e. The molecule has 1 aromatic rings. The molecule has 0 unspecified atom stereocenters. The zero-order valence-corrected chi connectivity index (χ0v) is 21.8. The third-order valence-corrected chi connectivity index (χ3v) is 8.12. The third kappa shape index (κ3) is 4.95. The Labute approximate surface area is 209 Å². The molecular weight excluding hydrogens is 446 g/mol. The minimum atomic E-state index is -0.702. The van der Waals surface area contributed by atoms with E-state index in [2.05, 4.69) is 11.8 Å². The van der Waals surface area contributed by atoms with Gasteiger partial charge in [0.25, 0.3) is 5.91 Å². The molecule has 2 aliphatic heterocycles. The Morgan fingerprint density at radius 2 is 1.57 bits per heavy atom. The molecule has 4 rings (SSSR count). The maximum Gasteiger partial charge on any atom is 0.327 e. The van der Waals surface area contributed by atoms with Gasteiger partial charge in [0.05, 0.1) is 26.9 Å². The first-order valence-electron chi connectivity index (χ1n) is 13.1. The number of carbonyl (C=O) groups is 2. The van der Waals surface area contributed by atoms with E-state index in [1.807, 2.05) is 17.0 Å². The summed E-state index contributed by atoms with van der Waals surface area (Å²) in [5.41, 5.74) is 0.261. The zero-order chi connectivity index (χ0) is 25.0. The lowest BCUT2D eigenvalue weighted by molar-refractivity contribution is -0.136. The van der Waals surface area contributed by atoms with Gasteiger partial charge in [0, 0.05) is 44.9 Å². The monoisotopic (exact) mass is 487 g/mol. The fraction of sp³-hybridized carbons (Fsp3) is 0.704. The van der Waals surface area contributed by atoms with E-state index in [-0.39, 0.29) is 11.9 Å². The number of carbonyl (C=O) groups excluding carboxylic acids is 2. The second-order valence-corrected chi connectivity index (χ2v) is 10.2. The van der Waals surface area contributed by atoms with Gasteiger partial charge in [-0.1, -0.05) is 26.2 Å². The molecule has 1 spiro atoms. The van der Waals surface area contributed by atoms with Crippen LogP contribution in [0.3, 0.4) is 0 Å². The van der Waals surface area contributed by atoms with Gasteiger partial charge in [-0.25, -0.2) is 4.79 Å². The summed E-state index contributed by atoms with van der Waals surface area (Å²) in [6.45, 7) is 5.40. The molecule has 0 aromatic heterocycles. The Morgan fingerprint density at radius 3 is 2.11 bits per heavy atom. The molecule has 3 aliphatic rings. The number of ether oxygens (including phenoxy) is 3. The number of hydrogen-bond donors (Lipinski definition) is 0. The van der Waals surface area contributed by atoms with Crippen molar-refractivity contribution >= 4 is 11.9 Å². The quantitative estimate of drug-likeness (QED) is 0.484. The van der Waals surface area contributed by atoms with Crippen LogP contribution < -0.4 is 14.2 Å². The molecule has 0 bridgehead atoms. The van der Waals surface area contributed by atoms with Crippen LogP contribution in [-0.4, -0.2) is 79.7 Å². The van der Waals surface area contributed by atoms with E-state index in [1.165, 1.54) is 19.3 Å². The highest BCUT2D eigenvalue weighted by Crippen LogP contribution is 2.41. The summed E-state index contributed by atoms with van der Waals surface area (Å²) in [4.78, 5) is 33.0. The van der Waals surface area contributed by atoms with Crippen LogP contribution in [0.15, 0.2) is 12.1 Å². The van der Waals surface area contributed by atoms with Gasteiger partial charge >= 0.3 is 6.03 Å². The normalized spacial score (nSPS) is 21.1. The van der Waals surface area contributed by atoms with Crippen molar-refractivity contribution < 1.29 is 23.8 Å². The highest BCUT2D eigenvalue weighted by atomic mass is 16.5. The standard InChI is InChI=1S/C27H41N3O5/c1-5-13-30-26(32)29(18-20-9-7-6-8-10-20)25(31)27(30)11-14-28(15-12-27)19-22-23(34-3)16-21(33-2)17-24(22)35-4/h16-17,20H,5-15,18-19H2,1-4H3. The van der Waals surface area contributed by atoms with Crippen LogP contribution >= 0.6 is 0 Å². The molecule has 8 nitrogen and oxygen atoms in total. The van der Waals surface area contributed by atoms with E-state index in [0.717, 1.165) is 49.4 Å². The van der Waals surface area contributed by atoms with Crippen molar-refractivity contribution in [2.24, 2.45) is 5.92 Å². The van der Waals surface area contributed by atoms with Crippen molar-refractivity contribution in [3.05, 3.63) is 17.7 Å². The van der Waals surface area contributed by atoms with Gasteiger partial charge in [0.2, 0.25) is 0 Å². The third-order valence-electron chi connectivity index (χ3n) is 8.12. The van der Waals surface area contributed by atoms with Crippen molar-refractivity contribution in [1.29, 1.82) is 0 Å². The maximum absolute atomic E-state index is 13.8. The molecule has 2 saturated heterocycles. The highest BCUT2D eigenvalue weighted by molar-refractivity contribution is 6.07. The van der Waals surface area contributed by atoms with Crippen molar-refractivity contribution in [2.45, 2.75) is 70.4 Å². The molecule has 0 N–H and O–H groups in total. The van der Waals surface area contributed by atoms with Crippen LogP contribution in [0.2, 0.25) is 0 Å². The summed E-state index contributed by atoms with van der Waals surface area (Å²) in [6, 6.07) is 3.66. The first kappa shape index (κ1) is 25.6. The number of benzene rings is 1. The van der Waals surface area contributed by atoms with E-state index >= 15 is 0 Å². The average molecular weight is 488 g/mol. The number of hydrogen-bond acceptors (Lipinski definition) is 6. The number of piperidine rings is 1. The number of amides is 3. The first-order chi connectivity index (χ1) is 17.0. The molecule has 0 radical (unpaired) electrons. The van der Waals surface area contributed by atoms with Gasteiger partial charge in [-0.05, 0) is 38.0 Å². The largest absolute Gasteiger partial charge is 0.496 e. The summed E-state index contributed by atoms with van der Waals surface area (Å²) in [5.74, 6) is 2.61. The molecule has 3 amide bonds. The number of imide groups is 1. The van der Waals surface area contributed by atoms with E-state index in [1.54, 1.807) is 26.2 Å². The van der Waals surface area contributed by atoms with Crippen LogP contribution in [0.4, 0.5) is 4.79 Å². The lowest BCUT2D eigenvalue weighted by Crippen LogP contribution is -2.56. The van der Waals surface area contributed by atoms with Crippen LogP contribution in [0, 0.1) is 5.92 Å². The molecule has 0 atom stereocenters. The number of rotatable bonds is 9. The van der Waals surface area contributed by atoms with Crippen LogP contribution in [0.1, 0.15) is 63.9 Å². The molecule has 35 heavy (non-hydrogen) atoms. The topological polar surface area (TPSA) is 71.6 Å². The van der Waals surface area contributed by atoms with Gasteiger partial charge < -0.3 is 19.1 Å². The molecular formula is C27H41N3O5. The van der Waals surface area contributed by atoms with Crippen molar-refractivity contribution in [3.8, 4) is 17.2 Å². The molecule has 194 valence electrons. The molecule has 3 fully saturated rings. The summed E-state index contributed by atoms with van der Waals surface area (Å²) in [7, 11) is 4.92.